The number of nitrogens with zero attached hydrogens (tertiary/aromatic N) is 5. The minimum Gasteiger partial charge on any atom is -0.372 e. The molecule has 2 unspecified atom stereocenters. The lowest BCUT2D eigenvalue weighted by Gasteiger charge is -2.35. The zero-order valence-electron chi connectivity index (χ0n) is 17.8. The molecule has 8 nitrogen and oxygen atoms in total. The molecule has 0 bridgehead atoms. The number of carbonyl (C=O) groups is 1. The maximum atomic E-state index is 13.3. The number of para-hydroxylation sites is 1. The summed E-state index contributed by atoms with van der Waals surface area (Å²) in [5.41, 5.74) is 1.66. The van der Waals surface area contributed by atoms with Gasteiger partial charge in [0.15, 0.2) is 0 Å². The van der Waals surface area contributed by atoms with E-state index in [9.17, 15) is 9.59 Å². The van der Waals surface area contributed by atoms with E-state index in [1.807, 2.05) is 58.0 Å². The van der Waals surface area contributed by atoms with Gasteiger partial charge in [-0.15, -0.1) is 0 Å². The van der Waals surface area contributed by atoms with Crippen molar-refractivity contribution in [3.05, 3.63) is 52.6 Å². The number of ether oxygens (including phenoxy) is 1. The van der Waals surface area contributed by atoms with Crippen LogP contribution in [0.15, 0.2) is 41.3 Å². The molecule has 2 atom stereocenters. The molecule has 0 radical (unpaired) electrons. The van der Waals surface area contributed by atoms with Crippen LogP contribution in [0.25, 0.3) is 16.6 Å². The molecule has 0 N–H and O–H groups in total. The van der Waals surface area contributed by atoms with E-state index >= 15 is 0 Å². The summed E-state index contributed by atoms with van der Waals surface area (Å²) in [5.74, 6) is -0.0576. The maximum Gasteiger partial charge on any atom is 0.293 e. The Morgan fingerprint density at radius 3 is 2.47 bits per heavy atom. The van der Waals surface area contributed by atoms with Crippen LogP contribution in [0.2, 0.25) is 0 Å². The first-order valence-corrected chi connectivity index (χ1v) is 10.3. The average molecular weight is 409 g/mol. The number of morpholine rings is 1. The lowest BCUT2D eigenvalue weighted by atomic mass is 10.1. The van der Waals surface area contributed by atoms with Crippen LogP contribution >= 0.6 is 0 Å². The summed E-state index contributed by atoms with van der Waals surface area (Å²) >= 11 is 0. The molecule has 1 amide bonds. The van der Waals surface area contributed by atoms with Gasteiger partial charge >= 0.3 is 0 Å². The van der Waals surface area contributed by atoms with Gasteiger partial charge in [0.2, 0.25) is 5.91 Å². The highest BCUT2D eigenvalue weighted by atomic mass is 16.5. The molecule has 0 saturated carbocycles. The second-order valence-electron chi connectivity index (χ2n) is 8.21. The third-order valence-corrected chi connectivity index (χ3v) is 5.32. The summed E-state index contributed by atoms with van der Waals surface area (Å²) < 4.78 is 8.63. The van der Waals surface area contributed by atoms with Crippen molar-refractivity contribution in [1.29, 1.82) is 0 Å². The topological polar surface area (TPSA) is 82.3 Å². The van der Waals surface area contributed by atoms with Crippen LogP contribution in [-0.2, 0) is 16.1 Å². The summed E-state index contributed by atoms with van der Waals surface area (Å²) in [5, 5.41) is 9.72. The first kappa shape index (κ1) is 20.3. The zero-order chi connectivity index (χ0) is 21.4. The van der Waals surface area contributed by atoms with Crippen LogP contribution in [-0.4, -0.2) is 55.7 Å². The minimum atomic E-state index is -0.321. The van der Waals surface area contributed by atoms with Crippen molar-refractivity contribution in [2.24, 2.45) is 0 Å². The Bertz CT molecular complexity index is 1110. The second kappa shape index (κ2) is 8.02. The summed E-state index contributed by atoms with van der Waals surface area (Å²) in [6, 6.07) is 9.50. The van der Waals surface area contributed by atoms with Gasteiger partial charge in [-0.1, -0.05) is 32.0 Å². The van der Waals surface area contributed by atoms with Gasteiger partial charge in [-0.05, 0) is 31.9 Å². The molecule has 1 aromatic carbocycles. The van der Waals surface area contributed by atoms with Gasteiger partial charge < -0.3 is 9.64 Å². The number of benzene rings is 1. The largest absolute Gasteiger partial charge is 0.372 e. The highest BCUT2D eigenvalue weighted by Gasteiger charge is 2.27. The molecule has 30 heavy (non-hydrogen) atoms. The molecule has 4 rings (SSSR count). The van der Waals surface area contributed by atoms with Crippen LogP contribution in [0, 0.1) is 0 Å². The van der Waals surface area contributed by atoms with E-state index in [0.717, 1.165) is 16.8 Å². The van der Waals surface area contributed by atoms with Gasteiger partial charge in [0.1, 0.15) is 12.1 Å². The lowest BCUT2D eigenvalue weighted by molar-refractivity contribution is -0.144. The fourth-order valence-electron chi connectivity index (χ4n) is 4.00. The number of fused-ring (bicyclic) bond motifs is 1. The van der Waals surface area contributed by atoms with Crippen molar-refractivity contribution in [1.82, 2.24) is 24.5 Å². The number of hydrogen-bond acceptors (Lipinski definition) is 5. The Morgan fingerprint density at radius 1 is 1.17 bits per heavy atom. The van der Waals surface area contributed by atoms with Crippen molar-refractivity contribution in [3.8, 4) is 5.69 Å². The number of carbonyl (C=O) groups excluding carboxylic acids is 1. The van der Waals surface area contributed by atoms with E-state index in [1.165, 1.54) is 4.68 Å². The number of hydrogen-bond donors (Lipinski definition) is 0. The summed E-state index contributed by atoms with van der Waals surface area (Å²) in [7, 11) is 0. The Hall–Kier alpha value is -3.00. The highest BCUT2D eigenvalue weighted by Crippen LogP contribution is 2.23. The molecule has 1 aliphatic heterocycles. The van der Waals surface area contributed by atoms with Crippen molar-refractivity contribution < 1.29 is 9.53 Å². The van der Waals surface area contributed by atoms with E-state index in [4.69, 9.17) is 4.74 Å². The van der Waals surface area contributed by atoms with Crippen molar-refractivity contribution in [3.63, 3.8) is 0 Å². The standard InChI is InChI=1S/C22H27N5O3/c1-14(2)20-18-10-23-27(17-8-6-5-7-9-17)21(18)22(29)26(24-20)13-19(28)25-11-15(3)30-16(4)12-25/h5-10,14-16H,11-13H2,1-4H3. The number of rotatable bonds is 4. The van der Waals surface area contributed by atoms with Crippen LogP contribution in [0.1, 0.15) is 39.3 Å². The van der Waals surface area contributed by atoms with Crippen LogP contribution in [0.5, 0.6) is 0 Å². The van der Waals surface area contributed by atoms with E-state index in [0.29, 0.717) is 18.6 Å². The molecule has 8 heteroatoms. The Morgan fingerprint density at radius 2 is 1.83 bits per heavy atom. The molecule has 1 aliphatic rings. The summed E-state index contributed by atoms with van der Waals surface area (Å²) in [4.78, 5) is 28.1. The molecule has 0 aliphatic carbocycles. The SMILES string of the molecule is CC1CN(C(=O)Cn2nc(C(C)C)c3cnn(-c4ccccc4)c3c2=O)CC(C)O1. The molecular weight excluding hydrogens is 382 g/mol. The predicted molar refractivity (Wildman–Crippen MR) is 114 cm³/mol. The third kappa shape index (κ3) is 3.75. The Kier molecular flexibility index (Phi) is 5.42. The summed E-state index contributed by atoms with van der Waals surface area (Å²) in [6.07, 6.45) is 1.62. The van der Waals surface area contributed by atoms with Gasteiger partial charge in [0.25, 0.3) is 5.56 Å². The maximum absolute atomic E-state index is 13.3. The Balaban J connectivity index is 1.77. The van der Waals surface area contributed by atoms with Gasteiger partial charge in [0, 0.05) is 18.5 Å². The molecule has 3 heterocycles. The van der Waals surface area contributed by atoms with Gasteiger partial charge in [0.05, 0.1) is 29.8 Å². The van der Waals surface area contributed by atoms with E-state index < -0.39 is 0 Å². The predicted octanol–water partition coefficient (Wildman–Crippen LogP) is 2.34. The minimum absolute atomic E-state index is 0.0319. The van der Waals surface area contributed by atoms with E-state index in [1.54, 1.807) is 15.8 Å². The molecule has 2 aromatic heterocycles. The average Bonchev–Trinajstić information content (AvgIpc) is 3.15. The smallest absolute Gasteiger partial charge is 0.293 e. The van der Waals surface area contributed by atoms with E-state index in [2.05, 4.69) is 10.2 Å². The van der Waals surface area contributed by atoms with Gasteiger partial charge in [-0.2, -0.15) is 10.2 Å². The van der Waals surface area contributed by atoms with Crippen LogP contribution < -0.4 is 5.56 Å². The van der Waals surface area contributed by atoms with Crippen molar-refractivity contribution in [2.45, 2.75) is 52.4 Å². The lowest BCUT2D eigenvalue weighted by Crippen LogP contribution is -2.49. The number of aromatic nitrogens is 4. The fraction of sp³-hybridized carbons (Fsp3) is 0.455. The van der Waals surface area contributed by atoms with Crippen LogP contribution in [0.4, 0.5) is 0 Å². The van der Waals surface area contributed by atoms with Crippen LogP contribution in [0.3, 0.4) is 0 Å². The quantitative estimate of drug-likeness (QED) is 0.661. The molecule has 3 aromatic rings. The molecule has 1 saturated heterocycles. The molecule has 0 spiro atoms. The first-order chi connectivity index (χ1) is 14.3. The fourth-order valence-corrected chi connectivity index (χ4v) is 4.00. The second-order valence-corrected chi connectivity index (χ2v) is 8.21. The van der Waals surface area contributed by atoms with Crippen molar-refractivity contribution in [2.75, 3.05) is 13.1 Å². The van der Waals surface area contributed by atoms with Crippen molar-refractivity contribution >= 4 is 16.8 Å². The molecule has 158 valence electrons. The summed E-state index contributed by atoms with van der Waals surface area (Å²) in [6.45, 7) is 8.85. The normalized spacial score (nSPS) is 19.6. The third-order valence-electron chi connectivity index (χ3n) is 5.32. The zero-order valence-corrected chi connectivity index (χ0v) is 17.8. The van der Waals surface area contributed by atoms with E-state index in [-0.39, 0.29) is 36.1 Å². The Labute approximate surface area is 175 Å². The highest BCUT2D eigenvalue weighted by molar-refractivity contribution is 5.82. The first-order valence-electron chi connectivity index (χ1n) is 10.3. The monoisotopic (exact) mass is 409 g/mol. The molecular formula is C22H27N5O3. The molecule has 1 fully saturated rings. The van der Waals surface area contributed by atoms with Gasteiger partial charge in [-0.25, -0.2) is 9.36 Å². The van der Waals surface area contributed by atoms with Gasteiger partial charge in [-0.3, -0.25) is 9.59 Å². The number of amides is 1.